The van der Waals surface area contributed by atoms with Crippen molar-refractivity contribution in [2.75, 3.05) is 23.3 Å². The van der Waals surface area contributed by atoms with Crippen LogP contribution < -0.4 is 10.2 Å². The number of benzene rings is 2. The average molecular weight is 283 g/mol. The first kappa shape index (κ1) is 13.4. The summed E-state index contributed by atoms with van der Waals surface area (Å²) in [5.74, 6) is 0. The van der Waals surface area contributed by atoms with E-state index < -0.39 is 0 Å². The van der Waals surface area contributed by atoms with E-state index in [0.717, 1.165) is 35.6 Å². The largest absolute Gasteiger partial charge is 0.382 e. The van der Waals surface area contributed by atoms with E-state index in [1.54, 1.807) is 12.1 Å². The van der Waals surface area contributed by atoms with Crippen molar-refractivity contribution in [1.82, 2.24) is 0 Å². The topological polar surface area (TPSA) is 58.4 Å². The number of fused-ring (bicyclic) bond motifs is 1. The van der Waals surface area contributed by atoms with E-state index in [1.165, 1.54) is 0 Å². The number of hydrogen-bond acceptors (Lipinski definition) is 4. The van der Waals surface area contributed by atoms with Gasteiger partial charge in [-0.1, -0.05) is 24.3 Å². The maximum atomic E-state index is 11.0. The molecule has 5 nitrogen and oxygen atoms in total. The number of nitro benzene ring substituents is 1. The highest BCUT2D eigenvalue weighted by Gasteiger charge is 2.19. The molecule has 1 heterocycles. The summed E-state index contributed by atoms with van der Waals surface area (Å²) in [5.41, 5.74) is 4.21. The highest BCUT2D eigenvalue weighted by atomic mass is 16.6. The van der Waals surface area contributed by atoms with Crippen LogP contribution in [0.5, 0.6) is 0 Å². The summed E-state index contributed by atoms with van der Waals surface area (Å²) >= 11 is 0. The molecule has 108 valence electrons. The second-order valence-corrected chi connectivity index (χ2v) is 5.18. The first-order valence-corrected chi connectivity index (χ1v) is 6.97. The lowest BCUT2D eigenvalue weighted by atomic mass is 10.1. The summed E-state index contributed by atoms with van der Waals surface area (Å²) in [6.45, 7) is 4.28. The van der Waals surface area contributed by atoms with Crippen LogP contribution in [0.1, 0.15) is 11.1 Å². The van der Waals surface area contributed by atoms with Crippen LogP contribution in [0.25, 0.3) is 0 Å². The molecular weight excluding hydrogens is 266 g/mol. The lowest BCUT2D eigenvalue weighted by Crippen LogP contribution is -2.33. The summed E-state index contributed by atoms with van der Waals surface area (Å²) < 4.78 is 0. The van der Waals surface area contributed by atoms with Crippen LogP contribution in [0.3, 0.4) is 0 Å². The van der Waals surface area contributed by atoms with E-state index in [-0.39, 0.29) is 10.6 Å². The Morgan fingerprint density at radius 3 is 2.86 bits per heavy atom. The summed E-state index contributed by atoms with van der Waals surface area (Å²) in [6.07, 6.45) is 0. The molecule has 3 rings (SSSR count). The Kier molecular flexibility index (Phi) is 3.48. The zero-order chi connectivity index (χ0) is 14.8. The van der Waals surface area contributed by atoms with Crippen LogP contribution in [-0.4, -0.2) is 18.0 Å². The van der Waals surface area contributed by atoms with Crippen molar-refractivity contribution in [2.24, 2.45) is 0 Å². The van der Waals surface area contributed by atoms with Crippen LogP contribution in [-0.2, 0) is 6.54 Å². The minimum atomic E-state index is -0.315. The molecule has 1 N–H and O–H groups in total. The first-order chi connectivity index (χ1) is 10.2. The molecule has 2 aromatic carbocycles. The van der Waals surface area contributed by atoms with Crippen LogP contribution in [0.4, 0.5) is 17.1 Å². The van der Waals surface area contributed by atoms with Gasteiger partial charge < -0.3 is 10.2 Å². The first-order valence-electron chi connectivity index (χ1n) is 6.97. The molecule has 0 saturated carbocycles. The molecule has 0 saturated heterocycles. The normalized spacial score (nSPS) is 13.5. The van der Waals surface area contributed by atoms with Gasteiger partial charge in [0.15, 0.2) is 0 Å². The van der Waals surface area contributed by atoms with Crippen molar-refractivity contribution in [2.45, 2.75) is 13.5 Å². The minimum absolute atomic E-state index is 0.191. The molecule has 0 unspecified atom stereocenters. The van der Waals surface area contributed by atoms with Gasteiger partial charge in [-0.3, -0.25) is 10.1 Å². The van der Waals surface area contributed by atoms with Gasteiger partial charge in [0, 0.05) is 31.3 Å². The predicted molar refractivity (Wildman–Crippen MR) is 83.8 cm³/mol. The summed E-state index contributed by atoms with van der Waals surface area (Å²) in [4.78, 5) is 13.0. The molecule has 0 bridgehead atoms. The fourth-order valence-corrected chi connectivity index (χ4v) is 2.75. The summed E-state index contributed by atoms with van der Waals surface area (Å²) in [7, 11) is 0. The minimum Gasteiger partial charge on any atom is -0.382 e. The number of hydrogen-bond donors (Lipinski definition) is 1. The van der Waals surface area contributed by atoms with Gasteiger partial charge in [-0.05, 0) is 24.6 Å². The van der Waals surface area contributed by atoms with Gasteiger partial charge in [0.25, 0.3) is 5.69 Å². The molecule has 0 atom stereocenters. The van der Waals surface area contributed by atoms with E-state index >= 15 is 0 Å². The molecular formula is C16H17N3O2. The highest BCUT2D eigenvalue weighted by Crippen LogP contribution is 2.31. The van der Waals surface area contributed by atoms with Gasteiger partial charge in [0.1, 0.15) is 0 Å². The van der Waals surface area contributed by atoms with Crippen molar-refractivity contribution in [1.29, 1.82) is 0 Å². The van der Waals surface area contributed by atoms with Crippen LogP contribution >= 0.6 is 0 Å². The van der Waals surface area contributed by atoms with Crippen LogP contribution in [0, 0.1) is 17.0 Å². The van der Waals surface area contributed by atoms with Crippen molar-refractivity contribution < 1.29 is 4.92 Å². The standard InChI is InChI=1S/C16H17N3O2/c1-12-13(5-4-8-15(12)19(20)21)11-18-10-9-17-14-6-2-3-7-16(14)18/h2-8,17H,9-11H2,1H3. The number of anilines is 2. The molecule has 0 amide bonds. The lowest BCUT2D eigenvalue weighted by Gasteiger charge is -2.32. The Bertz CT molecular complexity index is 685. The third kappa shape index (κ3) is 2.54. The zero-order valence-corrected chi connectivity index (χ0v) is 11.9. The number of rotatable bonds is 3. The van der Waals surface area contributed by atoms with Gasteiger partial charge in [-0.2, -0.15) is 0 Å². The molecule has 21 heavy (non-hydrogen) atoms. The molecule has 2 aromatic rings. The van der Waals surface area contributed by atoms with Gasteiger partial charge in [0.05, 0.1) is 16.3 Å². The van der Waals surface area contributed by atoms with Crippen molar-refractivity contribution in [3.63, 3.8) is 0 Å². The van der Waals surface area contributed by atoms with Gasteiger partial charge in [-0.25, -0.2) is 0 Å². The predicted octanol–water partition coefficient (Wildman–Crippen LogP) is 3.34. The van der Waals surface area contributed by atoms with E-state index in [2.05, 4.69) is 22.3 Å². The second-order valence-electron chi connectivity index (χ2n) is 5.18. The fourth-order valence-electron chi connectivity index (χ4n) is 2.75. The van der Waals surface area contributed by atoms with E-state index in [9.17, 15) is 10.1 Å². The average Bonchev–Trinajstić information content (AvgIpc) is 2.49. The number of nitrogens with zero attached hydrogens (tertiary/aromatic N) is 2. The highest BCUT2D eigenvalue weighted by molar-refractivity contribution is 5.72. The number of para-hydroxylation sites is 2. The molecule has 5 heteroatoms. The Hall–Kier alpha value is -2.56. The Labute approximate surface area is 123 Å². The molecule has 1 aliphatic heterocycles. The quantitative estimate of drug-likeness (QED) is 0.693. The van der Waals surface area contributed by atoms with E-state index in [1.807, 2.05) is 25.1 Å². The van der Waals surface area contributed by atoms with Crippen LogP contribution in [0.15, 0.2) is 42.5 Å². The third-order valence-corrected chi connectivity index (χ3v) is 3.92. The van der Waals surface area contributed by atoms with Crippen LogP contribution in [0.2, 0.25) is 0 Å². The SMILES string of the molecule is Cc1c(CN2CCNc3ccccc32)cccc1[N+](=O)[O-]. The van der Waals surface area contributed by atoms with E-state index in [4.69, 9.17) is 0 Å². The van der Waals surface area contributed by atoms with Crippen molar-refractivity contribution in [3.05, 3.63) is 63.7 Å². The molecule has 0 fully saturated rings. The van der Waals surface area contributed by atoms with E-state index in [0.29, 0.717) is 6.54 Å². The molecule has 1 aliphatic rings. The summed E-state index contributed by atoms with van der Waals surface area (Å²) in [5, 5.41) is 14.4. The maximum absolute atomic E-state index is 11.0. The monoisotopic (exact) mass is 283 g/mol. The molecule has 0 aliphatic carbocycles. The Morgan fingerprint density at radius 2 is 2.05 bits per heavy atom. The van der Waals surface area contributed by atoms with Gasteiger partial charge >= 0.3 is 0 Å². The zero-order valence-electron chi connectivity index (χ0n) is 11.9. The fraction of sp³-hybridized carbons (Fsp3) is 0.250. The summed E-state index contributed by atoms with van der Waals surface area (Å²) in [6, 6.07) is 13.4. The smallest absolute Gasteiger partial charge is 0.272 e. The van der Waals surface area contributed by atoms with Crippen molar-refractivity contribution >= 4 is 17.1 Å². The molecule has 0 aromatic heterocycles. The Morgan fingerprint density at radius 1 is 1.24 bits per heavy atom. The van der Waals surface area contributed by atoms with Crippen molar-refractivity contribution in [3.8, 4) is 0 Å². The number of nitro groups is 1. The second kappa shape index (κ2) is 5.44. The van der Waals surface area contributed by atoms with Gasteiger partial charge in [0.2, 0.25) is 0 Å². The molecule has 0 spiro atoms. The lowest BCUT2D eigenvalue weighted by molar-refractivity contribution is -0.385. The molecule has 0 radical (unpaired) electrons. The maximum Gasteiger partial charge on any atom is 0.272 e. The van der Waals surface area contributed by atoms with Gasteiger partial charge in [-0.15, -0.1) is 0 Å². The number of nitrogens with one attached hydrogen (secondary N) is 1. The Balaban J connectivity index is 1.92. The third-order valence-electron chi connectivity index (χ3n) is 3.92.